The molecule has 0 saturated carbocycles. The molecule has 0 aliphatic carbocycles. The van der Waals surface area contributed by atoms with Crippen molar-refractivity contribution in [3.05, 3.63) is 0 Å². The molecular weight excluding hydrogens is 218 g/mol. The summed E-state index contributed by atoms with van der Waals surface area (Å²) in [5.41, 5.74) is 5.35. The van der Waals surface area contributed by atoms with Gasteiger partial charge < -0.3 is 20.7 Å². The minimum Gasteiger partial charge on any atom is -0.480 e. The lowest BCUT2D eigenvalue weighted by Gasteiger charge is -2.12. The third kappa shape index (κ3) is 4.38. The van der Waals surface area contributed by atoms with E-state index in [4.69, 9.17) is 20.7 Å². The Morgan fingerprint density at radius 1 is 1.53 bits per heavy atom. The van der Waals surface area contributed by atoms with E-state index >= 15 is 0 Å². The van der Waals surface area contributed by atoms with Gasteiger partial charge in [0.15, 0.2) is 0 Å². The maximum Gasteiger partial charge on any atom is 0.321 e. The number of carboxylic acids is 1. The fourth-order valence-electron chi connectivity index (χ4n) is 1.43. The van der Waals surface area contributed by atoms with Crippen LogP contribution in [0.5, 0.6) is 0 Å². The largest absolute Gasteiger partial charge is 0.480 e. The minimum atomic E-state index is -0.969. The van der Waals surface area contributed by atoms with Gasteiger partial charge in [-0.15, -0.1) is 0 Å². The van der Waals surface area contributed by atoms with Crippen molar-refractivity contribution in [2.75, 3.05) is 18.1 Å². The Hall–Kier alpha value is -0.300. The molecule has 0 aromatic carbocycles. The molecule has 1 heterocycles. The zero-order chi connectivity index (χ0) is 11.3. The van der Waals surface area contributed by atoms with E-state index in [1.807, 2.05) is 0 Å². The topological polar surface area (TPSA) is 92.8 Å². The van der Waals surface area contributed by atoms with Crippen molar-refractivity contribution in [3.63, 3.8) is 0 Å². The van der Waals surface area contributed by atoms with E-state index in [0.29, 0.717) is 5.75 Å². The molecule has 1 rings (SSSR count). The summed E-state index contributed by atoms with van der Waals surface area (Å²) >= 11 is 1.49. The number of aliphatic hydroxyl groups is 1. The van der Waals surface area contributed by atoms with E-state index in [2.05, 4.69) is 0 Å². The fourth-order valence-corrected chi connectivity index (χ4v) is 2.48. The Bertz CT molecular complexity index is 214. The molecule has 0 aromatic rings. The van der Waals surface area contributed by atoms with Crippen molar-refractivity contribution in [2.24, 2.45) is 5.73 Å². The van der Waals surface area contributed by atoms with Crippen molar-refractivity contribution in [1.82, 2.24) is 0 Å². The highest BCUT2D eigenvalue weighted by atomic mass is 32.2. The van der Waals surface area contributed by atoms with Crippen molar-refractivity contribution in [3.8, 4) is 0 Å². The standard InChI is InChI=1S/C9H17NO4S/c10-8(9(12)13)5-15-4-7-2-1-6(3-11)14-7/h6-8,11H,1-5,10H2,(H,12,13)/t6-,7-,8+/m1/s1. The Balaban J connectivity index is 2.08. The average Bonchev–Trinajstić information content (AvgIpc) is 2.65. The minimum absolute atomic E-state index is 0.0382. The van der Waals surface area contributed by atoms with E-state index in [-0.39, 0.29) is 18.8 Å². The molecule has 1 fully saturated rings. The first-order valence-electron chi connectivity index (χ1n) is 4.96. The van der Waals surface area contributed by atoms with Crippen LogP contribution in [0.1, 0.15) is 12.8 Å². The van der Waals surface area contributed by atoms with Gasteiger partial charge in [0.1, 0.15) is 6.04 Å². The van der Waals surface area contributed by atoms with E-state index < -0.39 is 12.0 Å². The van der Waals surface area contributed by atoms with Crippen molar-refractivity contribution >= 4 is 17.7 Å². The number of carboxylic acid groups (broad SMARTS) is 1. The molecule has 4 N–H and O–H groups in total. The third-order valence-corrected chi connectivity index (χ3v) is 3.52. The number of nitrogens with two attached hydrogens (primary N) is 1. The van der Waals surface area contributed by atoms with Crippen LogP contribution in [0, 0.1) is 0 Å². The van der Waals surface area contributed by atoms with Gasteiger partial charge in [-0.25, -0.2) is 0 Å². The number of ether oxygens (including phenoxy) is 1. The smallest absolute Gasteiger partial charge is 0.321 e. The van der Waals surface area contributed by atoms with Gasteiger partial charge in [-0.1, -0.05) is 0 Å². The van der Waals surface area contributed by atoms with Crippen LogP contribution in [-0.2, 0) is 9.53 Å². The SMILES string of the molecule is N[C@@H](CSC[C@H]1CC[C@H](CO)O1)C(=O)O. The predicted octanol–water partition coefficient (Wildman–Crippen LogP) is -0.329. The molecule has 1 aliphatic rings. The second-order valence-electron chi connectivity index (χ2n) is 3.62. The summed E-state index contributed by atoms with van der Waals surface area (Å²) in [5.74, 6) is 0.180. The number of aliphatic carboxylic acids is 1. The molecule has 0 amide bonds. The number of hydrogen-bond acceptors (Lipinski definition) is 5. The van der Waals surface area contributed by atoms with E-state index in [1.54, 1.807) is 0 Å². The van der Waals surface area contributed by atoms with Crippen LogP contribution >= 0.6 is 11.8 Å². The molecule has 0 bridgehead atoms. The number of thioether (sulfide) groups is 1. The van der Waals surface area contributed by atoms with Gasteiger partial charge in [0.2, 0.25) is 0 Å². The lowest BCUT2D eigenvalue weighted by atomic mass is 10.2. The summed E-state index contributed by atoms with van der Waals surface area (Å²) in [6.07, 6.45) is 1.91. The molecule has 88 valence electrons. The molecule has 15 heavy (non-hydrogen) atoms. The third-order valence-electron chi connectivity index (χ3n) is 2.32. The number of carbonyl (C=O) groups is 1. The molecule has 0 aromatic heterocycles. The number of aliphatic hydroxyl groups excluding tert-OH is 1. The average molecular weight is 235 g/mol. The van der Waals surface area contributed by atoms with Gasteiger partial charge in [-0.3, -0.25) is 4.79 Å². The zero-order valence-corrected chi connectivity index (χ0v) is 9.28. The van der Waals surface area contributed by atoms with Crippen molar-refractivity contribution in [1.29, 1.82) is 0 Å². The summed E-state index contributed by atoms with van der Waals surface area (Å²) in [7, 11) is 0. The molecule has 0 spiro atoms. The maximum atomic E-state index is 10.4. The van der Waals surface area contributed by atoms with Crippen LogP contribution in [-0.4, -0.2) is 52.5 Å². The van der Waals surface area contributed by atoms with Crippen LogP contribution < -0.4 is 5.73 Å². The Morgan fingerprint density at radius 3 is 2.73 bits per heavy atom. The lowest BCUT2D eigenvalue weighted by molar-refractivity contribution is -0.137. The first-order valence-corrected chi connectivity index (χ1v) is 6.11. The van der Waals surface area contributed by atoms with E-state index in [1.165, 1.54) is 11.8 Å². The summed E-state index contributed by atoms with van der Waals surface area (Å²) < 4.78 is 5.49. The molecule has 1 saturated heterocycles. The highest BCUT2D eigenvalue weighted by Gasteiger charge is 2.24. The zero-order valence-electron chi connectivity index (χ0n) is 8.46. The van der Waals surface area contributed by atoms with Crippen LogP contribution in [0.2, 0.25) is 0 Å². The molecule has 5 nitrogen and oxygen atoms in total. The summed E-state index contributed by atoms with van der Waals surface area (Å²) in [6, 6.07) is -0.801. The maximum absolute atomic E-state index is 10.4. The van der Waals surface area contributed by atoms with Gasteiger partial charge >= 0.3 is 5.97 Å². The van der Waals surface area contributed by atoms with E-state index in [0.717, 1.165) is 18.6 Å². The second kappa shape index (κ2) is 6.32. The number of hydrogen-bond donors (Lipinski definition) is 3. The van der Waals surface area contributed by atoms with Crippen molar-refractivity contribution in [2.45, 2.75) is 31.1 Å². The van der Waals surface area contributed by atoms with Gasteiger partial charge in [-0.05, 0) is 12.8 Å². The molecule has 6 heteroatoms. The van der Waals surface area contributed by atoms with Crippen LogP contribution in [0.25, 0.3) is 0 Å². The Kier molecular flexibility index (Phi) is 5.38. The van der Waals surface area contributed by atoms with Crippen LogP contribution in [0.4, 0.5) is 0 Å². The Morgan fingerprint density at radius 2 is 2.20 bits per heavy atom. The van der Waals surface area contributed by atoms with Crippen molar-refractivity contribution < 1.29 is 19.7 Å². The first-order chi connectivity index (χ1) is 7.13. The molecule has 0 radical (unpaired) electrons. The summed E-state index contributed by atoms with van der Waals surface area (Å²) in [6.45, 7) is 0.0653. The summed E-state index contributed by atoms with van der Waals surface area (Å²) in [4.78, 5) is 10.4. The van der Waals surface area contributed by atoms with Crippen LogP contribution in [0.15, 0.2) is 0 Å². The van der Waals surface area contributed by atoms with Gasteiger partial charge in [0, 0.05) is 11.5 Å². The molecule has 0 unspecified atom stereocenters. The monoisotopic (exact) mass is 235 g/mol. The fraction of sp³-hybridized carbons (Fsp3) is 0.889. The van der Waals surface area contributed by atoms with E-state index in [9.17, 15) is 4.79 Å². The van der Waals surface area contributed by atoms with Gasteiger partial charge in [0.05, 0.1) is 18.8 Å². The van der Waals surface area contributed by atoms with Crippen LogP contribution in [0.3, 0.4) is 0 Å². The highest BCUT2D eigenvalue weighted by Crippen LogP contribution is 2.22. The lowest BCUT2D eigenvalue weighted by Crippen LogP contribution is -2.33. The summed E-state index contributed by atoms with van der Waals surface area (Å²) in [5, 5.41) is 17.4. The quantitative estimate of drug-likeness (QED) is 0.584. The normalized spacial score (nSPS) is 27.9. The first kappa shape index (κ1) is 12.8. The van der Waals surface area contributed by atoms with Gasteiger partial charge in [0.25, 0.3) is 0 Å². The number of rotatable bonds is 6. The Labute approximate surface area is 93.0 Å². The highest BCUT2D eigenvalue weighted by molar-refractivity contribution is 7.99. The molecular formula is C9H17NO4S. The predicted molar refractivity (Wildman–Crippen MR) is 57.9 cm³/mol. The van der Waals surface area contributed by atoms with Gasteiger partial charge in [-0.2, -0.15) is 11.8 Å². The molecule has 3 atom stereocenters. The molecule has 1 aliphatic heterocycles. The second-order valence-corrected chi connectivity index (χ2v) is 4.70.